The third-order valence-electron chi connectivity index (χ3n) is 4.09. The van der Waals surface area contributed by atoms with Gasteiger partial charge in [-0.3, -0.25) is 14.4 Å². The minimum absolute atomic E-state index is 0.107. The van der Waals surface area contributed by atoms with E-state index in [1.165, 1.54) is 59.3 Å². The third-order valence-corrected chi connectivity index (χ3v) is 4.09. The van der Waals surface area contributed by atoms with Crippen LogP contribution in [0.3, 0.4) is 0 Å². The summed E-state index contributed by atoms with van der Waals surface area (Å²) in [6.07, 6.45) is 9.89. The second kappa shape index (κ2) is 15.6. The fourth-order valence-electron chi connectivity index (χ4n) is 2.82. The maximum atomic E-state index is 11.4. The molecular weight excluding hydrogens is 336 g/mol. The average molecular weight is 373 g/mol. The Hall–Kier alpha value is -1.59. The number of hydrogen-bond donors (Lipinski definition) is 0. The van der Waals surface area contributed by atoms with Gasteiger partial charge < -0.3 is 14.2 Å². The predicted octanol–water partition coefficient (Wildman–Crippen LogP) is 4.33. The van der Waals surface area contributed by atoms with Crippen molar-refractivity contribution >= 4 is 17.9 Å². The van der Waals surface area contributed by atoms with Gasteiger partial charge in [0.1, 0.15) is 12.7 Å². The quantitative estimate of drug-likeness (QED) is 0.242. The monoisotopic (exact) mass is 372 g/mol. The highest BCUT2D eigenvalue weighted by Crippen LogP contribution is 2.17. The zero-order chi connectivity index (χ0) is 19.8. The van der Waals surface area contributed by atoms with Crippen molar-refractivity contribution in [2.24, 2.45) is 0 Å². The maximum absolute atomic E-state index is 11.4. The van der Waals surface area contributed by atoms with Crippen LogP contribution in [0, 0.1) is 0 Å². The molecule has 0 radical (unpaired) electrons. The molecule has 0 aliphatic heterocycles. The molecule has 152 valence electrons. The van der Waals surface area contributed by atoms with Crippen LogP contribution in [-0.2, 0) is 28.6 Å². The van der Waals surface area contributed by atoms with E-state index in [0.717, 1.165) is 19.3 Å². The maximum Gasteiger partial charge on any atom is 0.303 e. The molecule has 0 spiro atoms. The van der Waals surface area contributed by atoms with E-state index in [9.17, 15) is 14.4 Å². The van der Waals surface area contributed by atoms with Gasteiger partial charge in [0.2, 0.25) is 0 Å². The van der Waals surface area contributed by atoms with Crippen molar-refractivity contribution in [1.82, 2.24) is 0 Å². The Bertz CT molecular complexity index is 407. The van der Waals surface area contributed by atoms with Gasteiger partial charge in [-0.15, -0.1) is 0 Å². The largest absolute Gasteiger partial charge is 0.462 e. The molecule has 2 atom stereocenters. The van der Waals surface area contributed by atoms with Gasteiger partial charge in [0.25, 0.3) is 0 Å². The van der Waals surface area contributed by atoms with Crippen molar-refractivity contribution in [1.29, 1.82) is 0 Å². The molecule has 0 amide bonds. The molecule has 0 N–H and O–H groups in total. The zero-order valence-electron chi connectivity index (χ0n) is 16.9. The Morgan fingerprint density at radius 3 is 1.58 bits per heavy atom. The molecule has 0 rings (SSSR count). The van der Waals surface area contributed by atoms with Crippen LogP contribution in [0.15, 0.2) is 0 Å². The lowest BCUT2D eigenvalue weighted by Gasteiger charge is -2.26. The van der Waals surface area contributed by atoms with E-state index in [2.05, 4.69) is 6.92 Å². The van der Waals surface area contributed by atoms with Gasteiger partial charge in [-0.05, 0) is 12.8 Å². The summed E-state index contributed by atoms with van der Waals surface area (Å²) in [6.45, 7) is 5.99. The van der Waals surface area contributed by atoms with Crippen molar-refractivity contribution < 1.29 is 28.6 Å². The first-order valence-corrected chi connectivity index (χ1v) is 9.84. The Morgan fingerprint density at radius 1 is 0.654 bits per heavy atom. The molecule has 0 saturated heterocycles. The lowest BCUT2D eigenvalue weighted by atomic mass is 10.0. The summed E-state index contributed by atoms with van der Waals surface area (Å²) in [5.74, 6) is -1.40. The lowest BCUT2D eigenvalue weighted by molar-refractivity contribution is -0.173. The van der Waals surface area contributed by atoms with Gasteiger partial charge in [0, 0.05) is 20.8 Å². The number of unbranched alkanes of at least 4 members (excludes halogenated alkanes) is 8. The number of esters is 3. The van der Waals surface area contributed by atoms with E-state index < -0.39 is 30.1 Å². The summed E-state index contributed by atoms with van der Waals surface area (Å²) in [5.41, 5.74) is 0. The topological polar surface area (TPSA) is 78.9 Å². The number of carbonyl (C=O) groups is 3. The molecular formula is C20H36O6. The molecule has 26 heavy (non-hydrogen) atoms. The van der Waals surface area contributed by atoms with Crippen LogP contribution >= 0.6 is 0 Å². The van der Waals surface area contributed by atoms with E-state index in [0.29, 0.717) is 6.42 Å². The van der Waals surface area contributed by atoms with Crippen LogP contribution in [0.1, 0.15) is 91.9 Å². The molecule has 0 aromatic heterocycles. The first-order chi connectivity index (χ1) is 12.4. The second-order valence-electron chi connectivity index (χ2n) is 6.72. The smallest absolute Gasteiger partial charge is 0.303 e. The van der Waals surface area contributed by atoms with Crippen LogP contribution < -0.4 is 0 Å². The highest BCUT2D eigenvalue weighted by atomic mass is 16.6. The van der Waals surface area contributed by atoms with Gasteiger partial charge in [0.15, 0.2) is 6.10 Å². The molecule has 0 aromatic carbocycles. The van der Waals surface area contributed by atoms with Gasteiger partial charge in [-0.25, -0.2) is 0 Å². The van der Waals surface area contributed by atoms with Crippen LogP contribution in [0.5, 0.6) is 0 Å². The molecule has 0 unspecified atom stereocenters. The van der Waals surface area contributed by atoms with Crippen LogP contribution in [0.2, 0.25) is 0 Å². The summed E-state index contributed by atoms with van der Waals surface area (Å²) in [4.78, 5) is 33.7. The summed E-state index contributed by atoms with van der Waals surface area (Å²) in [7, 11) is 0. The summed E-state index contributed by atoms with van der Waals surface area (Å²) < 4.78 is 15.5. The lowest BCUT2D eigenvalue weighted by Crippen LogP contribution is -2.38. The summed E-state index contributed by atoms with van der Waals surface area (Å²) >= 11 is 0. The molecule has 6 nitrogen and oxygen atoms in total. The molecule has 0 heterocycles. The highest BCUT2D eigenvalue weighted by Gasteiger charge is 2.28. The van der Waals surface area contributed by atoms with Crippen LogP contribution in [-0.4, -0.2) is 36.7 Å². The predicted molar refractivity (Wildman–Crippen MR) is 99.6 cm³/mol. The van der Waals surface area contributed by atoms with E-state index in [1.807, 2.05) is 0 Å². The van der Waals surface area contributed by atoms with E-state index in [1.54, 1.807) is 0 Å². The van der Waals surface area contributed by atoms with Gasteiger partial charge in [-0.1, -0.05) is 58.3 Å². The molecule has 0 fully saturated rings. The van der Waals surface area contributed by atoms with Crippen LogP contribution in [0.4, 0.5) is 0 Å². The first kappa shape index (κ1) is 24.4. The average Bonchev–Trinajstić information content (AvgIpc) is 2.55. The fourth-order valence-corrected chi connectivity index (χ4v) is 2.82. The number of rotatable bonds is 15. The van der Waals surface area contributed by atoms with E-state index in [-0.39, 0.29) is 6.61 Å². The van der Waals surface area contributed by atoms with Crippen molar-refractivity contribution in [2.45, 2.75) is 104 Å². The standard InChI is InChI=1S/C20H36O6/c1-5-6-7-8-9-10-11-12-13-14-19(25-17(3)22)20(26-18(4)23)15-24-16(2)21/h19-20H,5-15H2,1-4H3/t19-,20-/m1/s1. The van der Waals surface area contributed by atoms with Crippen molar-refractivity contribution in [2.75, 3.05) is 6.61 Å². The second-order valence-corrected chi connectivity index (χ2v) is 6.72. The zero-order valence-corrected chi connectivity index (χ0v) is 16.9. The van der Waals surface area contributed by atoms with Crippen molar-refractivity contribution in [3.63, 3.8) is 0 Å². The number of hydrogen-bond acceptors (Lipinski definition) is 6. The summed E-state index contributed by atoms with van der Waals surface area (Å²) in [5, 5.41) is 0. The minimum Gasteiger partial charge on any atom is -0.462 e. The van der Waals surface area contributed by atoms with E-state index in [4.69, 9.17) is 14.2 Å². The molecule has 0 aromatic rings. The molecule has 0 saturated carbocycles. The third kappa shape index (κ3) is 14.7. The van der Waals surface area contributed by atoms with Gasteiger partial charge in [-0.2, -0.15) is 0 Å². The molecule has 6 heteroatoms. The highest BCUT2D eigenvalue weighted by molar-refractivity contribution is 5.68. The molecule has 0 bridgehead atoms. The van der Waals surface area contributed by atoms with Crippen molar-refractivity contribution in [3.05, 3.63) is 0 Å². The summed E-state index contributed by atoms with van der Waals surface area (Å²) in [6, 6.07) is 0. The van der Waals surface area contributed by atoms with Crippen LogP contribution in [0.25, 0.3) is 0 Å². The molecule has 0 aliphatic carbocycles. The first-order valence-electron chi connectivity index (χ1n) is 9.84. The van der Waals surface area contributed by atoms with Crippen molar-refractivity contribution in [3.8, 4) is 0 Å². The Balaban J connectivity index is 4.30. The Labute approximate surface area is 157 Å². The molecule has 0 aliphatic rings. The fraction of sp³-hybridized carbons (Fsp3) is 0.850. The number of carbonyl (C=O) groups excluding carboxylic acids is 3. The van der Waals surface area contributed by atoms with E-state index >= 15 is 0 Å². The number of ether oxygens (including phenoxy) is 3. The Morgan fingerprint density at radius 2 is 1.12 bits per heavy atom. The Kier molecular flexibility index (Phi) is 14.7. The normalized spacial score (nSPS) is 12.9. The van der Waals surface area contributed by atoms with Gasteiger partial charge >= 0.3 is 17.9 Å². The SMILES string of the molecule is CCCCCCCCCCC[C@@H](OC(C)=O)[C@@H](COC(C)=O)OC(C)=O. The minimum atomic E-state index is -0.769. The van der Waals surface area contributed by atoms with Gasteiger partial charge in [0.05, 0.1) is 0 Å².